The van der Waals surface area contributed by atoms with Gasteiger partial charge in [-0.15, -0.1) is 11.3 Å². The van der Waals surface area contributed by atoms with E-state index in [1.165, 1.54) is 30.8 Å². The normalized spacial score (nSPS) is 10.7. The summed E-state index contributed by atoms with van der Waals surface area (Å²) < 4.78 is 18.6. The van der Waals surface area contributed by atoms with Crippen molar-refractivity contribution in [1.82, 2.24) is 25.1 Å². The van der Waals surface area contributed by atoms with Crippen LogP contribution in [0.4, 0.5) is 0 Å². The van der Waals surface area contributed by atoms with Gasteiger partial charge in [0.25, 0.3) is 5.91 Å². The van der Waals surface area contributed by atoms with Gasteiger partial charge in [0.05, 0.1) is 25.7 Å². The van der Waals surface area contributed by atoms with Crippen molar-refractivity contribution in [2.45, 2.75) is 26.2 Å². The number of methoxy groups -OCH3 is 1. The average Bonchev–Trinajstić information content (AvgIpc) is 3.72. The fourth-order valence-electron chi connectivity index (χ4n) is 3.97. The lowest BCUT2D eigenvalue weighted by Crippen LogP contribution is -2.26. The van der Waals surface area contributed by atoms with Gasteiger partial charge >= 0.3 is 5.97 Å². The monoisotopic (exact) mass is 583 g/mol. The molecule has 0 aliphatic carbocycles. The Balaban J connectivity index is 1.17. The van der Waals surface area contributed by atoms with Gasteiger partial charge in [0.15, 0.2) is 11.5 Å². The van der Waals surface area contributed by atoms with Crippen LogP contribution in [0.5, 0.6) is 11.5 Å². The van der Waals surface area contributed by atoms with Gasteiger partial charge in [0.2, 0.25) is 0 Å². The molecule has 3 aromatic heterocycles. The Labute approximate surface area is 246 Å². The highest BCUT2D eigenvalue weighted by Gasteiger charge is 2.15. The van der Waals surface area contributed by atoms with Crippen molar-refractivity contribution in [1.29, 1.82) is 0 Å². The van der Waals surface area contributed by atoms with Crippen LogP contribution in [-0.4, -0.2) is 45.3 Å². The molecular formula is C31H29N5O5S. The summed E-state index contributed by atoms with van der Waals surface area (Å²) in [5, 5.41) is 7.95. The van der Waals surface area contributed by atoms with Crippen molar-refractivity contribution in [3.05, 3.63) is 113 Å². The van der Waals surface area contributed by atoms with Gasteiger partial charge in [-0.3, -0.25) is 9.48 Å². The molecule has 11 heteroatoms. The highest BCUT2D eigenvalue weighted by molar-refractivity contribution is 7.16. The maximum absolute atomic E-state index is 12.9. The second-order valence-corrected chi connectivity index (χ2v) is 10.2. The number of carbonyl (C=O) groups excluding carboxylic acids is 2. The number of aryl methyl sites for hydroxylation is 1. The van der Waals surface area contributed by atoms with Crippen LogP contribution >= 0.6 is 11.3 Å². The molecule has 0 aliphatic rings. The van der Waals surface area contributed by atoms with E-state index in [1.54, 1.807) is 16.9 Å². The number of hydrogen-bond donors (Lipinski definition) is 1. The molecule has 5 aromatic rings. The quantitative estimate of drug-likeness (QED) is 0.149. The zero-order valence-corrected chi connectivity index (χ0v) is 23.8. The first-order chi connectivity index (χ1) is 20.6. The molecular weight excluding hydrogens is 554 g/mol. The summed E-state index contributed by atoms with van der Waals surface area (Å²) in [6, 6.07) is 21.2. The average molecular weight is 584 g/mol. The van der Waals surface area contributed by atoms with E-state index in [2.05, 4.69) is 20.4 Å². The molecule has 0 spiro atoms. The van der Waals surface area contributed by atoms with E-state index in [4.69, 9.17) is 14.2 Å². The van der Waals surface area contributed by atoms with Crippen molar-refractivity contribution in [3.8, 4) is 22.1 Å². The largest absolute Gasteiger partial charge is 0.485 e. The van der Waals surface area contributed by atoms with Gasteiger partial charge in [-0.05, 0) is 17.5 Å². The molecule has 0 fully saturated rings. The standard InChI is InChI=1S/C31H29N5O5S/c1-39-31(38)28-18-34-30(42-28)24-16-35-36(19-24)14-8-13-32-29(37)25-15-26(40-20-22-9-4-2-5-10-22)27(17-33-25)41-21-23-11-6-3-7-12-23/h2-7,9-12,15-19H,8,13-14,20-21H2,1H3,(H,32,37). The number of thiazole rings is 1. The molecule has 1 amide bonds. The molecule has 0 aliphatic heterocycles. The fourth-order valence-corrected chi connectivity index (χ4v) is 4.78. The second kappa shape index (κ2) is 14.0. The van der Waals surface area contributed by atoms with Crippen LogP contribution in [0.3, 0.4) is 0 Å². The van der Waals surface area contributed by atoms with Crippen molar-refractivity contribution < 1.29 is 23.8 Å². The Morgan fingerprint density at radius 2 is 1.57 bits per heavy atom. The lowest BCUT2D eigenvalue weighted by atomic mass is 10.2. The van der Waals surface area contributed by atoms with Crippen molar-refractivity contribution in [3.63, 3.8) is 0 Å². The summed E-state index contributed by atoms with van der Waals surface area (Å²) in [4.78, 5) is 33.6. The minimum atomic E-state index is -0.416. The lowest BCUT2D eigenvalue weighted by Gasteiger charge is -2.14. The third kappa shape index (κ3) is 7.58. The highest BCUT2D eigenvalue weighted by Crippen LogP contribution is 2.29. The minimum absolute atomic E-state index is 0.233. The van der Waals surface area contributed by atoms with E-state index < -0.39 is 5.97 Å². The van der Waals surface area contributed by atoms with Gasteiger partial charge in [-0.1, -0.05) is 60.7 Å². The number of carbonyl (C=O) groups is 2. The van der Waals surface area contributed by atoms with Crippen LogP contribution in [0, 0.1) is 0 Å². The first-order valence-electron chi connectivity index (χ1n) is 13.3. The number of ether oxygens (including phenoxy) is 3. The van der Waals surface area contributed by atoms with Crippen LogP contribution in [0.25, 0.3) is 10.6 Å². The van der Waals surface area contributed by atoms with Crippen LogP contribution in [-0.2, 0) is 24.5 Å². The number of hydrogen-bond acceptors (Lipinski definition) is 9. The van der Waals surface area contributed by atoms with Gasteiger partial charge in [-0.25, -0.2) is 14.8 Å². The number of nitrogens with zero attached hydrogens (tertiary/aromatic N) is 4. The summed E-state index contributed by atoms with van der Waals surface area (Å²) >= 11 is 1.25. The second-order valence-electron chi connectivity index (χ2n) is 9.19. The van der Waals surface area contributed by atoms with Crippen LogP contribution < -0.4 is 14.8 Å². The smallest absolute Gasteiger partial charge is 0.349 e. The Morgan fingerprint density at radius 3 is 2.26 bits per heavy atom. The molecule has 0 saturated carbocycles. The number of pyridine rings is 1. The first kappa shape index (κ1) is 28.5. The zero-order valence-electron chi connectivity index (χ0n) is 22.9. The predicted molar refractivity (Wildman–Crippen MR) is 157 cm³/mol. The maximum Gasteiger partial charge on any atom is 0.349 e. The first-order valence-corrected chi connectivity index (χ1v) is 14.1. The van der Waals surface area contributed by atoms with E-state index in [-0.39, 0.29) is 11.6 Å². The van der Waals surface area contributed by atoms with Gasteiger partial charge in [0, 0.05) is 30.9 Å². The number of nitrogens with one attached hydrogen (secondary N) is 1. The molecule has 5 rings (SSSR count). The summed E-state index contributed by atoms with van der Waals surface area (Å²) in [5.41, 5.74) is 3.04. The number of aromatic nitrogens is 4. The van der Waals surface area contributed by atoms with Gasteiger partial charge in [0.1, 0.15) is 28.8 Å². The maximum atomic E-state index is 12.9. The topological polar surface area (TPSA) is 117 Å². The molecule has 214 valence electrons. The van der Waals surface area contributed by atoms with Crippen LogP contribution in [0.15, 0.2) is 91.5 Å². The zero-order chi connectivity index (χ0) is 29.1. The fraction of sp³-hybridized carbons (Fsp3) is 0.194. The third-order valence-electron chi connectivity index (χ3n) is 6.16. The SMILES string of the molecule is COC(=O)c1cnc(-c2cnn(CCCNC(=O)c3cc(OCc4ccccc4)c(OCc4ccccc4)cn3)c2)s1. The summed E-state index contributed by atoms with van der Waals surface area (Å²) in [6.07, 6.45) is 7.21. The Hall–Kier alpha value is -5.03. The van der Waals surface area contributed by atoms with Crippen molar-refractivity contribution in [2.75, 3.05) is 13.7 Å². The van der Waals surface area contributed by atoms with E-state index in [9.17, 15) is 9.59 Å². The molecule has 0 saturated heterocycles. The van der Waals surface area contributed by atoms with Gasteiger partial charge in [-0.2, -0.15) is 5.10 Å². The van der Waals surface area contributed by atoms with Crippen molar-refractivity contribution >= 4 is 23.2 Å². The molecule has 42 heavy (non-hydrogen) atoms. The van der Waals surface area contributed by atoms with Gasteiger partial charge < -0.3 is 19.5 Å². The summed E-state index contributed by atoms with van der Waals surface area (Å²) in [7, 11) is 1.34. The summed E-state index contributed by atoms with van der Waals surface area (Å²) in [6.45, 7) is 1.68. The van der Waals surface area contributed by atoms with E-state index >= 15 is 0 Å². The van der Waals surface area contributed by atoms with E-state index in [0.29, 0.717) is 54.1 Å². The Kier molecular flexibility index (Phi) is 9.53. The molecule has 1 N–H and O–H groups in total. The van der Waals surface area contributed by atoms with Crippen molar-refractivity contribution in [2.24, 2.45) is 0 Å². The number of esters is 1. The molecule has 0 unspecified atom stereocenters. The number of benzene rings is 2. The third-order valence-corrected chi connectivity index (χ3v) is 7.19. The number of rotatable bonds is 13. The molecule has 0 atom stereocenters. The van der Waals surface area contributed by atoms with E-state index in [1.807, 2.05) is 66.9 Å². The predicted octanol–water partition coefficient (Wildman–Crippen LogP) is 5.17. The Morgan fingerprint density at radius 1 is 0.881 bits per heavy atom. The Bertz CT molecular complexity index is 1620. The summed E-state index contributed by atoms with van der Waals surface area (Å²) in [5.74, 6) is 0.172. The van der Waals surface area contributed by atoms with Crippen LogP contribution in [0.2, 0.25) is 0 Å². The molecule has 3 heterocycles. The molecule has 0 bridgehead atoms. The highest BCUT2D eigenvalue weighted by atomic mass is 32.1. The molecule has 0 radical (unpaired) electrons. The minimum Gasteiger partial charge on any atom is -0.485 e. The van der Waals surface area contributed by atoms with E-state index in [0.717, 1.165) is 16.7 Å². The molecule has 2 aromatic carbocycles. The lowest BCUT2D eigenvalue weighted by molar-refractivity contribution is 0.0606. The molecule has 10 nitrogen and oxygen atoms in total. The number of amides is 1. The van der Waals surface area contributed by atoms with Crippen LogP contribution in [0.1, 0.15) is 37.7 Å².